The molecule has 0 unspecified atom stereocenters. The second kappa shape index (κ2) is 8.38. The molecule has 0 aliphatic heterocycles. The Balaban J connectivity index is 1.62. The van der Waals surface area contributed by atoms with Crippen molar-refractivity contribution in [2.24, 2.45) is 0 Å². The third-order valence-electron chi connectivity index (χ3n) is 4.99. The van der Waals surface area contributed by atoms with E-state index in [9.17, 15) is 22.8 Å². The number of carbonyl (C=O) groups is 2. The SMILES string of the molecule is Cc1cc(/C=C/C(=O)O[C@H](C)C(=O)Nc2ccccc2C(F)(F)F)c(C)n1C1CC1. The molecule has 8 heteroatoms. The number of benzene rings is 1. The molecule has 1 aromatic carbocycles. The van der Waals surface area contributed by atoms with Crippen LogP contribution in [0.4, 0.5) is 18.9 Å². The molecule has 1 N–H and O–H groups in total. The van der Waals surface area contributed by atoms with Crippen LogP contribution in [0.25, 0.3) is 6.08 Å². The van der Waals surface area contributed by atoms with E-state index in [1.807, 2.05) is 19.9 Å². The quantitative estimate of drug-likeness (QED) is 0.526. The van der Waals surface area contributed by atoms with Gasteiger partial charge in [0.1, 0.15) is 0 Å². The zero-order chi connectivity index (χ0) is 22.1. The third-order valence-corrected chi connectivity index (χ3v) is 4.99. The van der Waals surface area contributed by atoms with Crippen molar-refractivity contribution in [3.63, 3.8) is 0 Å². The summed E-state index contributed by atoms with van der Waals surface area (Å²) in [5.74, 6) is -1.60. The maximum Gasteiger partial charge on any atom is 0.418 e. The normalized spacial score (nSPS) is 15.3. The highest BCUT2D eigenvalue weighted by molar-refractivity contribution is 5.97. The van der Waals surface area contributed by atoms with Crippen LogP contribution >= 0.6 is 0 Å². The number of nitrogens with zero attached hydrogens (tertiary/aromatic N) is 1. The molecule has 1 atom stereocenters. The lowest BCUT2D eigenvalue weighted by Crippen LogP contribution is -2.30. The van der Waals surface area contributed by atoms with E-state index in [-0.39, 0.29) is 5.69 Å². The van der Waals surface area contributed by atoms with Crippen molar-refractivity contribution < 1.29 is 27.5 Å². The van der Waals surface area contributed by atoms with Gasteiger partial charge < -0.3 is 14.6 Å². The molecule has 1 amide bonds. The van der Waals surface area contributed by atoms with Gasteiger partial charge in [0.2, 0.25) is 0 Å². The Labute approximate surface area is 172 Å². The van der Waals surface area contributed by atoms with Gasteiger partial charge in [0.05, 0.1) is 11.3 Å². The molecule has 5 nitrogen and oxygen atoms in total. The number of halogens is 3. The Morgan fingerprint density at radius 2 is 1.90 bits per heavy atom. The van der Waals surface area contributed by atoms with Gasteiger partial charge in [0.15, 0.2) is 6.10 Å². The van der Waals surface area contributed by atoms with Crippen molar-refractivity contribution in [3.8, 4) is 0 Å². The van der Waals surface area contributed by atoms with E-state index in [0.717, 1.165) is 41.9 Å². The van der Waals surface area contributed by atoms with Crippen LogP contribution in [0, 0.1) is 13.8 Å². The molecular weight excluding hydrogens is 397 g/mol. The van der Waals surface area contributed by atoms with Crippen LogP contribution in [0.1, 0.15) is 48.3 Å². The monoisotopic (exact) mass is 420 g/mol. The molecule has 2 aromatic rings. The number of alkyl halides is 3. The minimum absolute atomic E-state index is 0.388. The number of carbonyl (C=O) groups excluding carboxylic acids is 2. The number of anilines is 1. The highest BCUT2D eigenvalue weighted by Crippen LogP contribution is 2.38. The van der Waals surface area contributed by atoms with E-state index < -0.39 is 29.7 Å². The maximum absolute atomic E-state index is 13.0. The van der Waals surface area contributed by atoms with Crippen LogP contribution in [0.2, 0.25) is 0 Å². The standard InChI is InChI=1S/C22H23F3N2O3/c1-13-12-16(14(2)27(13)17-9-10-17)8-11-20(28)30-15(3)21(29)26-19-7-5-4-6-18(19)22(23,24)25/h4-8,11-12,15,17H,9-10H2,1-3H3,(H,26,29)/b11-8+/t15-/m1/s1. The zero-order valence-electron chi connectivity index (χ0n) is 16.9. The summed E-state index contributed by atoms with van der Waals surface area (Å²) in [4.78, 5) is 24.3. The van der Waals surface area contributed by atoms with E-state index in [4.69, 9.17) is 4.74 Å². The summed E-state index contributed by atoms with van der Waals surface area (Å²) >= 11 is 0. The van der Waals surface area contributed by atoms with Gasteiger partial charge in [-0.25, -0.2) is 4.79 Å². The van der Waals surface area contributed by atoms with Crippen LogP contribution in [0.15, 0.2) is 36.4 Å². The topological polar surface area (TPSA) is 60.3 Å². The van der Waals surface area contributed by atoms with E-state index in [1.165, 1.54) is 25.1 Å². The Morgan fingerprint density at radius 1 is 1.23 bits per heavy atom. The summed E-state index contributed by atoms with van der Waals surface area (Å²) in [5, 5.41) is 2.17. The summed E-state index contributed by atoms with van der Waals surface area (Å²) in [5.41, 5.74) is 1.68. The predicted molar refractivity (Wildman–Crippen MR) is 107 cm³/mol. The van der Waals surface area contributed by atoms with Gasteiger partial charge in [0, 0.05) is 23.5 Å². The first kappa shape index (κ1) is 21.7. The Kier molecular flexibility index (Phi) is 6.05. The molecule has 1 aliphatic carbocycles. The lowest BCUT2D eigenvalue weighted by Gasteiger charge is -2.16. The highest BCUT2D eigenvalue weighted by atomic mass is 19.4. The summed E-state index contributed by atoms with van der Waals surface area (Å²) in [6, 6.07) is 7.11. The van der Waals surface area contributed by atoms with Crippen molar-refractivity contribution >= 4 is 23.6 Å². The summed E-state index contributed by atoms with van der Waals surface area (Å²) in [7, 11) is 0. The number of ether oxygens (including phenoxy) is 1. The molecule has 0 saturated heterocycles. The number of hydrogen-bond donors (Lipinski definition) is 1. The first-order chi connectivity index (χ1) is 14.1. The van der Waals surface area contributed by atoms with Gasteiger partial charge in [-0.15, -0.1) is 0 Å². The van der Waals surface area contributed by atoms with Crippen LogP contribution in [0.3, 0.4) is 0 Å². The number of nitrogens with one attached hydrogen (secondary N) is 1. The van der Waals surface area contributed by atoms with Crippen molar-refractivity contribution in [2.75, 3.05) is 5.32 Å². The van der Waals surface area contributed by atoms with Gasteiger partial charge in [-0.1, -0.05) is 12.1 Å². The molecule has 3 rings (SSSR count). The van der Waals surface area contributed by atoms with Crippen LogP contribution in [-0.2, 0) is 20.5 Å². The number of para-hydroxylation sites is 1. The van der Waals surface area contributed by atoms with Crippen LogP contribution in [-0.4, -0.2) is 22.5 Å². The lowest BCUT2D eigenvalue weighted by atomic mass is 10.1. The van der Waals surface area contributed by atoms with Gasteiger partial charge in [-0.3, -0.25) is 4.79 Å². The lowest BCUT2D eigenvalue weighted by molar-refractivity contribution is -0.148. The van der Waals surface area contributed by atoms with Crippen molar-refractivity contribution in [1.82, 2.24) is 4.57 Å². The molecule has 1 heterocycles. The molecule has 160 valence electrons. The second-order valence-electron chi connectivity index (χ2n) is 7.37. The molecule has 0 spiro atoms. The summed E-state index contributed by atoms with van der Waals surface area (Å²) in [6.07, 6.45) is -0.752. The number of hydrogen-bond acceptors (Lipinski definition) is 3. The molecule has 1 aliphatic rings. The van der Waals surface area contributed by atoms with Crippen molar-refractivity contribution in [3.05, 3.63) is 58.9 Å². The number of aromatic nitrogens is 1. The Hall–Kier alpha value is -3.03. The molecule has 1 fully saturated rings. The minimum Gasteiger partial charge on any atom is -0.449 e. The highest BCUT2D eigenvalue weighted by Gasteiger charge is 2.34. The summed E-state index contributed by atoms with van der Waals surface area (Å²) in [6.45, 7) is 5.28. The minimum atomic E-state index is -4.61. The third kappa shape index (κ3) is 4.93. The molecule has 30 heavy (non-hydrogen) atoms. The largest absolute Gasteiger partial charge is 0.449 e. The van der Waals surface area contributed by atoms with E-state index in [1.54, 1.807) is 6.08 Å². The number of rotatable bonds is 6. The number of amides is 1. The molecular formula is C22H23F3N2O3. The fraction of sp³-hybridized carbons (Fsp3) is 0.364. The average Bonchev–Trinajstić information content (AvgIpc) is 3.45. The van der Waals surface area contributed by atoms with E-state index in [2.05, 4.69) is 9.88 Å². The summed E-state index contributed by atoms with van der Waals surface area (Å²) < 4.78 is 46.4. The van der Waals surface area contributed by atoms with Gasteiger partial charge in [-0.2, -0.15) is 13.2 Å². The number of aryl methyl sites for hydroxylation is 1. The Bertz CT molecular complexity index is 988. The van der Waals surface area contributed by atoms with Gasteiger partial charge in [-0.05, 0) is 63.5 Å². The van der Waals surface area contributed by atoms with Gasteiger partial charge in [0.25, 0.3) is 5.91 Å². The zero-order valence-corrected chi connectivity index (χ0v) is 16.9. The second-order valence-corrected chi connectivity index (χ2v) is 7.37. The van der Waals surface area contributed by atoms with Gasteiger partial charge >= 0.3 is 12.1 Å². The average molecular weight is 420 g/mol. The van der Waals surface area contributed by atoms with Crippen molar-refractivity contribution in [2.45, 2.75) is 51.9 Å². The molecule has 1 aromatic heterocycles. The molecule has 1 saturated carbocycles. The first-order valence-electron chi connectivity index (χ1n) is 9.62. The fourth-order valence-corrected chi connectivity index (χ4v) is 3.36. The van der Waals surface area contributed by atoms with Crippen LogP contribution < -0.4 is 5.32 Å². The number of esters is 1. The van der Waals surface area contributed by atoms with Crippen molar-refractivity contribution in [1.29, 1.82) is 0 Å². The molecule has 0 radical (unpaired) electrons. The van der Waals surface area contributed by atoms with E-state index in [0.29, 0.717) is 6.04 Å². The first-order valence-corrected chi connectivity index (χ1v) is 9.62. The maximum atomic E-state index is 13.0. The van der Waals surface area contributed by atoms with E-state index >= 15 is 0 Å². The van der Waals surface area contributed by atoms with Crippen LogP contribution in [0.5, 0.6) is 0 Å². The Morgan fingerprint density at radius 3 is 2.53 bits per heavy atom. The fourth-order valence-electron chi connectivity index (χ4n) is 3.36. The molecule has 0 bridgehead atoms. The smallest absolute Gasteiger partial charge is 0.418 e. The predicted octanol–water partition coefficient (Wildman–Crippen LogP) is 5.04.